The smallest absolute Gasteiger partial charge is 0.228 e. The third kappa shape index (κ3) is 7.07. The van der Waals surface area contributed by atoms with Crippen molar-refractivity contribution in [2.45, 2.75) is 64.6 Å². The lowest BCUT2D eigenvalue weighted by atomic mass is 9.90. The van der Waals surface area contributed by atoms with E-state index in [0.717, 1.165) is 40.6 Å². The van der Waals surface area contributed by atoms with Gasteiger partial charge < -0.3 is 26.3 Å². The Morgan fingerprint density at radius 3 is 2.62 bits per heavy atom. The van der Waals surface area contributed by atoms with Crippen LogP contribution in [0.25, 0.3) is 10.9 Å². The second-order valence-corrected chi connectivity index (χ2v) is 10.4. The van der Waals surface area contributed by atoms with Gasteiger partial charge in [-0.3, -0.25) is 14.8 Å². The average Bonchev–Trinajstić information content (AvgIpc) is 2.82. The maximum Gasteiger partial charge on any atom is 0.228 e. The van der Waals surface area contributed by atoms with Gasteiger partial charge in [0.05, 0.1) is 23.2 Å². The predicted octanol–water partition coefficient (Wildman–Crippen LogP) is 4.53. The highest BCUT2D eigenvalue weighted by molar-refractivity contribution is 5.89. The number of hydrogen-bond donors (Lipinski definition) is 3. The third-order valence-corrected chi connectivity index (χ3v) is 5.99. The molecule has 0 saturated heterocycles. The van der Waals surface area contributed by atoms with E-state index >= 15 is 0 Å². The summed E-state index contributed by atoms with van der Waals surface area (Å²) >= 11 is 0. The number of aromatic nitrogens is 1. The molecule has 1 fully saturated rings. The monoisotopic (exact) mass is 501 g/mol. The number of rotatable bonds is 8. The van der Waals surface area contributed by atoms with Crippen molar-refractivity contribution in [1.29, 1.82) is 0 Å². The van der Waals surface area contributed by atoms with Crippen LogP contribution in [0.5, 0.6) is 17.2 Å². The zero-order valence-corrected chi connectivity index (χ0v) is 21.8. The van der Waals surface area contributed by atoms with Gasteiger partial charge in [0, 0.05) is 30.0 Å². The van der Waals surface area contributed by atoms with E-state index < -0.39 is 0 Å². The number of nitrogens with zero attached hydrogens (tertiary/aromatic N) is 2. The zero-order valence-electron chi connectivity index (χ0n) is 21.8. The summed E-state index contributed by atoms with van der Waals surface area (Å²) < 4.78 is 12.3. The zero-order chi connectivity index (χ0) is 26.6. The summed E-state index contributed by atoms with van der Waals surface area (Å²) in [6.45, 7) is 7.87. The van der Waals surface area contributed by atoms with E-state index in [2.05, 4.69) is 15.3 Å². The summed E-state index contributed by atoms with van der Waals surface area (Å²) in [7, 11) is 0. The van der Waals surface area contributed by atoms with Crippen LogP contribution < -0.4 is 26.3 Å². The first-order chi connectivity index (χ1) is 17.6. The summed E-state index contributed by atoms with van der Waals surface area (Å²) in [4.78, 5) is 21.4. The van der Waals surface area contributed by atoms with Crippen molar-refractivity contribution < 1.29 is 14.3 Å². The highest BCUT2D eigenvalue weighted by Crippen LogP contribution is 2.34. The maximum absolute atomic E-state index is 12.6. The van der Waals surface area contributed by atoms with Gasteiger partial charge in [-0.05, 0) is 82.0 Å². The number of aryl methyl sites for hydroxylation is 1. The van der Waals surface area contributed by atoms with Gasteiger partial charge in [0.1, 0.15) is 23.4 Å². The molecule has 1 amide bonds. The van der Waals surface area contributed by atoms with Crippen molar-refractivity contribution in [2.75, 3.05) is 0 Å². The summed E-state index contributed by atoms with van der Waals surface area (Å²) in [5.41, 5.74) is 14.3. The van der Waals surface area contributed by atoms with E-state index in [1.54, 1.807) is 12.4 Å². The topological polar surface area (TPSA) is 125 Å². The SMILES string of the molecule is Cc1cc(CC(=O)N/C(C=NC(C)(C)C)=C/N)ccc1Oc1ccnc2ccc(OC3CC(N)C3)cc12. The molecule has 0 spiro atoms. The molecule has 0 atom stereocenters. The molecule has 1 saturated carbocycles. The number of aliphatic imine (C=N–C) groups is 1. The summed E-state index contributed by atoms with van der Waals surface area (Å²) in [6.07, 6.45) is 6.73. The Bertz CT molecular complexity index is 1340. The minimum Gasteiger partial charge on any atom is -0.490 e. The van der Waals surface area contributed by atoms with Gasteiger partial charge in [-0.25, -0.2) is 0 Å². The molecule has 8 nitrogen and oxygen atoms in total. The molecule has 4 rings (SSSR count). The van der Waals surface area contributed by atoms with Crippen LogP contribution in [0, 0.1) is 6.92 Å². The van der Waals surface area contributed by atoms with Gasteiger partial charge in [0.25, 0.3) is 0 Å². The van der Waals surface area contributed by atoms with Crippen molar-refractivity contribution in [3.8, 4) is 17.2 Å². The Morgan fingerprint density at radius 2 is 1.95 bits per heavy atom. The fourth-order valence-corrected chi connectivity index (χ4v) is 3.98. The van der Waals surface area contributed by atoms with E-state index in [1.165, 1.54) is 6.20 Å². The molecule has 0 radical (unpaired) electrons. The highest BCUT2D eigenvalue weighted by atomic mass is 16.5. The molecule has 1 aliphatic carbocycles. The molecule has 5 N–H and O–H groups in total. The first kappa shape index (κ1) is 26.2. The average molecular weight is 502 g/mol. The molecule has 37 heavy (non-hydrogen) atoms. The summed E-state index contributed by atoms with van der Waals surface area (Å²) in [5.74, 6) is 1.99. The molecule has 3 aromatic rings. The van der Waals surface area contributed by atoms with Crippen LogP contribution in [0.2, 0.25) is 0 Å². The quantitative estimate of drug-likeness (QED) is 0.390. The number of carbonyl (C=O) groups excluding carboxylic acids is 1. The number of benzene rings is 2. The molecule has 1 aliphatic rings. The second-order valence-electron chi connectivity index (χ2n) is 10.4. The van der Waals surface area contributed by atoms with Crippen molar-refractivity contribution in [1.82, 2.24) is 10.3 Å². The molecule has 2 aromatic carbocycles. The molecule has 0 unspecified atom stereocenters. The summed E-state index contributed by atoms with van der Waals surface area (Å²) in [6, 6.07) is 13.6. The molecule has 0 aliphatic heterocycles. The Morgan fingerprint density at radius 1 is 1.16 bits per heavy atom. The number of carbonyl (C=O) groups is 1. The predicted molar refractivity (Wildman–Crippen MR) is 147 cm³/mol. The van der Waals surface area contributed by atoms with Crippen LogP contribution in [-0.4, -0.2) is 34.8 Å². The van der Waals surface area contributed by atoms with Crippen LogP contribution in [0.1, 0.15) is 44.7 Å². The Balaban J connectivity index is 1.44. The van der Waals surface area contributed by atoms with E-state index in [9.17, 15) is 4.79 Å². The number of amides is 1. The molecular weight excluding hydrogens is 466 g/mol. The number of pyridine rings is 1. The van der Waals surface area contributed by atoms with E-state index in [-0.39, 0.29) is 30.0 Å². The highest BCUT2D eigenvalue weighted by Gasteiger charge is 2.27. The van der Waals surface area contributed by atoms with E-state index in [4.69, 9.17) is 20.9 Å². The lowest BCUT2D eigenvalue weighted by Crippen LogP contribution is -2.43. The molecular formula is C29H35N5O3. The maximum atomic E-state index is 12.6. The minimum absolute atomic E-state index is 0.155. The van der Waals surface area contributed by atoms with Crippen molar-refractivity contribution in [3.63, 3.8) is 0 Å². The fraction of sp³-hybridized carbons (Fsp3) is 0.345. The van der Waals surface area contributed by atoms with Crippen molar-refractivity contribution in [2.24, 2.45) is 16.5 Å². The number of ether oxygens (including phenoxy) is 2. The van der Waals surface area contributed by atoms with E-state index in [0.29, 0.717) is 17.2 Å². The van der Waals surface area contributed by atoms with Gasteiger partial charge >= 0.3 is 0 Å². The van der Waals surface area contributed by atoms with Gasteiger partial charge in [-0.2, -0.15) is 0 Å². The lowest BCUT2D eigenvalue weighted by molar-refractivity contribution is -0.119. The lowest BCUT2D eigenvalue weighted by Gasteiger charge is -2.32. The van der Waals surface area contributed by atoms with Crippen molar-refractivity contribution >= 4 is 23.0 Å². The number of hydrogen-bond acceptors (Lipinski definition) is 7. The van der Waals surface area contributed by atoms with Crippen LogP contribution in [0.3, 0.4) is 0 Å². The molecule has 8 heteroatoms. The Labute approximate surface area is 217 Å². The van der Waals surface area contributed by atoms with Crippen LogP contribution in [0.15, 0.2) is 65.6 Å². The molecule has 1 heterocycles. The number of fused-ring (bicyclic) bond motifs is 1. The number of nitrogens with two attached hydrogens (primary N) is 2. The Hall–Kier alpha value is -3.91. The van der Waals surface area contributed by atoms with Gasteiger partial charge in [0.15, 0.2) is 0 Å². The second kappa shape index (κ2) is 11.0. The first-order valence-corrected chi connectivity index (χ1v) is 12.4. The van der Waals surface area contributed by atoms with E-state index in [1.807, 2.05) is 70.2 Å². The van der Waals surface area contributed by atoms with Gasteiger partial charge in [-0.15, -0.1) is 0 Å². The first-order valence-electron chi connectivity index (χ1n) is 12.4. The summed E-state index contributed by atoms with van der Waals surface area (Å²) in [5, 5.41) is 3.67. The standard InChI is InChI=1S/C29H35N5O3/c1-18-11-19(12-28(35)34-21(16-30)17-33-29(2,3)4)5-8-26(18)37-27-9-10-32-25-7-6-22(15-24(25)27)36-23-13-20(31)14-23/h5-11,15-17,20,23H,12-14,30-31H2,1-4H3,(H,34,35)/b21-16+,33-17?. The van der Waals surface area contributed by atoms with Crippen LogP contribution in [-0.2, 0) is 11.2 Å². The third-order valence-electron chi connectivity index (χ3n) is 5.99. The van der Waals surface area contributed by atoms with Crippen LogP contribution in [0.4, 0.5) is 0 Å². The fourth-order valence-electron chi connectivity index (χ4n) is 3.98. The normalized spacial score (nSPS) is 18.0. The van der Waals surface area contributed by atoms with Crippen LogP contribution >= 0.6 is 0 Å². The van der Waals surface area contributed by atoms with Gasteiger partial charge in [-0.1, -0.05) is 12.1 Å². The minimum atomic E-state index is -0.259. The largest absolute Gasteiger partial charge is 0.490 e. The number of nitrogens with one attached hydrogen (secondary N) is 1. The molecule has 194 valence electrons. The Kier molecular flexibility index (Phi) is 7.78. The number of allylic oxidation sites excluding steroid dienone is 1. The van der Waals surface area contributed by atoms with Gasteiger partial charge in [0.2, 0.25) is 5.91 Å². The molecule has 0 bridgehead atoms. The van der Waals surface area contributed by atoms with Crippen molar-refractivity contribution in [3.05, 3.63) is 71.7 Å². The molecule has 1 aromatic heterocycles.